The third-order valence-electron chi connectivity index (χ3n) is 3.14. The molecule has 3 N–H and O–H groups in total. The van der Waals surface area contributed by atoms with E-state index < -0.39 is 0 Å². The first-order chi connectivity index (χ1) is 8.69. The van der Waals surface area contributed by atoms with Crippen LogP contribution in [0.1, 0.15) is 11.9 Å². The van der Waals surface area contributed by atoms with Crippen LogP contribution in [-0.4, -0.2) is 41.0 Å². The lowest BCUT2D eigenvalue weighted by Crippen LogP contribution is -2.38. The van der Waals surface area contributed by atoms with Crippen molar-refractivity contribution in [2.24, 2.45) is 5.73 Å². The first-order valence-corrected chi connectivity index (χ1v) is 5.98. The first-order valence-electron chi connectivity index (χ1n) is 5.98. The van der Waals surface area contributed by atoms with Gasteiger partial charge in [0, 0.05) is 7.11 Å². The lowest BCUT2D eigenvalue weighted by molar-refractivity contribution is 0.130. The molecule has 2 unspecified atom stereocenters. The van der Waals surface area contributed by atoms with Crippen molar-refractivity contribution in [3.05, 3.63) is 30.1 Å². The molecular formula is C13H19N3O2. The minimum atomic E-state index is -0.267. The lowest BCUT2D eigenvalue weighted by Gasteiger charge is -2.24. The maximum atomic E-state index is 9.59. The fourth-order valence-electron chi connectivity index (χ4n) is 2.30. The number of aromatic nitrogens is 2. The highest BCUT2D eigenvalue weighted by atomic mass is 16.5. The van der Waals surface area contributed by atoms with Gasteiger partial charge in [0.1, 0.15) is 5.82 Å². The Balaban J connectivity index is 2.47. The van der Waals surface area contributed by atoms with E-state index in [9.17, 15) is 5.11 Å². The summed E-state index contributed by atoms with van der Waals surface area (Å²) >= 11 is 0. The summed E-state index contributed by atoms with van der Waals surface area (Å²) in [6, 6.07) is 7.35. The van der Waals surface area contributed by atoms with Crippen LogP contribution in [0.15, 0.2) is 24.3 Å². The summed E-state index contributed by atoms with van der Waals surface area (Å²) in [5, 5.41) is 9.59. The van der Waals surface area contributed by atoms with Crippen molar-refractivity contribution < 1.29 is 9.84 Å². The van der Waals surface area contributed by atoms with Crippen LogP contribution in [0.3, 0.4) is 0 Å². The van der Waals surface area contributed by atoms with E-state index in [1.165, 1.54) is 0 Å². The van der Waals surface area contributed by atoms with Gasteiger partial charge in [0.15, 0.2) is 0 Å². The summed E-state index contributed by atoms with van der Waals surface area (Å²) in [4.78, 5) is 4.48. The second kappa shape index (κ2) is 5.48. The number of hydrogen-bond donors (Lipinski definition) is 2. The predicted molar refractivity (Wildman–Crippen MR) is 70.4 cm³/mol. The fourth-order valence-corrected chi connectivity index (χ4v) is 2.30. The van der Waals surface area contributed by atoms with E-state index in [1.807, 2.05) is 35.8 Å². The molecule has 0 aliphatic heterocycles. The largest absolute Gasteiger partial charge is 0.394 e. The van der Waals surface area contributed by atoms with E-state index >= 15 is 0 Å². The molecule has 1 aromatic carbocycles. The van der Waals surface area contributed by atoms with Gasteiger partial charge in [0.05, 0.1) is 36.3 Å². The molecule has 2 aromatic rings. The summed E-state index contributed by atoms with van der Waals surface area (Å²) < 4.78 is 7.05. The summed E-state index contributed by atoms with van der Waals surface area (Å²) in [5.74, 6) is 0.849. The van der Waals surface area contributed by atoms with Crippen molar-refractivity contribution in [1.29, 1.82) is 0 Å². The normalized spacial score (nSPS) is 14.9. The Morgan fingerprint density at radius 3 is 2.83 bits per heavy atom. The molecule has 98 valence electrons. The van der Waals surface area contributed by atoms with Crippen LogP contribution in [-0.2, 0) is 4.74 Å². The number of aryl methyl sites for hydroxylation is 1. The van der Waals surface area contributed by atoms with Crippen LogP contribution < -0.4 is 5.73 Å². The predicted octanol–water partition coefficient (Wildman–Crippen LogP) is 0.852. The van der Waals surface area contributed by atoms with Crippen LogP contribution in [0.25, 0.3) is 11.0 Å². The fraction of sp³-hybridized carbons (Fsp3) is 0.462. The Kier molecular flexibility index (Phi) is 3.96. The molecule has 2 atom stereocenters. The second-order valence-corrected chi connectivity index (χ2v) is 4.39. The number of aliphatic hydroxyl groups excluding tert-OH is 1. The van der Waals surface area contributed by atoms with Gasteiger partial charge >= 0.3 is 0 Å². The monoisotopic (exact) mass is 249 g/mol. The topological polar surface area (TPSA) is 73.3 Å². The van der Waals surface area contributed by atoms with Gasteiger partial charge in [0.25, 0.3) is 0 Å². The van der Waals surface area contributed by atoms with Crippen molar-refractivity contribution in [3.8, 4) is 0 Å². The number of nitrogens with two attached hydrogens (primary N) is 1. The minimum Gasteiger partial charge on any atom is -0.394 e. The van der Waals surface area contributed by atoms with Crippen LogP contribution in [0.2, 0.25) is 0 Å². The van der Waals surface area contributed by atoms with Crippen LogP contribution in [0.5, 0.6) is 0 Å². The number of methoxy groups -OCH3 is 1. The minimum absolute atomic E-state index is 0.0360. The van der Waals surface area contributed by atoms with Gasteiger partial charge in [-0.05, 0) is 19.1 Å². The molecule has 2 rings (SSSR count). The van der Waals surface area contributed by atoms with Gasteiger partial charge in [-0.2, -0.15) is 0 Å². The number of benzene rings is 1. The van der Waals surface area contributed by atoms with Crippen molar-refractivity contribution in [2.45, 2.75) is 19.0 Å². The Hall–Kier alpha value is -1.43. The van der Waals surface area contributed by atoms with Gasteiger partial charge in [-0.1, -0.05) is 12.1 Å². The maximum Gasteiger partial charge on any atom is 0.107 e. The molecule has 0 amide bonds. The van der Waals surface area contributed by atoms with Crippen molar-refractivity contribution >= 4 is 11.0 Å². The number of imidazole rings is 1. The smallest absolute Gasteiger partial charge is 0.107 e. The van der Waals surface area contributed by atoms with Crippen molar-refractivity contribution in [1.82, 2.24) is 9.55 Å². The Morgan fingerprint density at radius 1 is 1.44 bits per heavy atom. The molecule has 0 aliphatic rings. The SMILES string of the molecule is COCC(N)C(CO)n1c(C)nc2ccccc21. The van der Waals surface area contributed by atoms with Crippen molar-refractivity contribution in [2.75, 3.05) is 20.3 Å². The number of aliphatic hydroxyl groups is 1. The van der Waals surface area contributed by atoms with E-state index in [-0.39, 0.29) is 18.7 Å². The Labute approximate surface area is 106 Å². The number of fused-ring (bicyclic) bond motifs is 1. The summed E-state index contributed by atoms with van der Waals surface area (Å²) in [7, 11) is 1.60. The molecule has 18 heavy (non-hydrogen) atoms. The average molecular weight is 249 g/mol. The van der Waals surface area contributed by atoms with Gasteiger partial charge in [-0.15, -0.1) is 0 Å². The lowest BCUT2D eigenvalue weighted by atomic mass is 10.1. The molecule has 0 aliphatic carbocycles. The van der Waals surface area contributed by atoms with E-state index in [4.69, 9.17) is 10.5 Å². The molecule has 0 fully saturated rings. The highest BCUT2D eigenvalue weighted by molar-refractivity contribution is 5.76. The van der Waals surface area contributed by atoms with E-state index in [0.717, 1.165) is 16.9 Å². The molecule has 5 nitrogen and oxygen atoms in total. The van der Waals surface area contributed by atoms with Crippen LogP contribution in [0.4, 0.5) is 0 Å². The van der Waals surface area contributed by atoms with Gasteiger partial charge in [0.2, 0.25) is 0 Å². The van der Waals surface area contributed by atoms with Gasteiger partial charge < -0.3 is 20.1 Å². The average Bonchev–Trinajstić information content (AvgIpc) is 2.68. The zero-order chi connectivity index (χ0) is 13.1. The molecular weight excluding hydrogens is 230 g/mol. The molecule has 0 saturated heterocycles. The molecule has 5 heteroatoms. The quantitative estimate of drug-likeness (QED) is 0.824. The van der Waals surface area contributed by atoms with Crippen molar-refractivity contribution in [3.63, 3.8) is 0 Å². The summed E-state index contributed by atoms with van der Waals surface area (Å²) in [6.07, 6.45) is 0. The third kappa shape index (κ3) is 2.25. The Morgan fingerprint density at radius 2 is 2.17 bits per heavy atom. The summed E-state index contributed by atoms with van der Waals surface area (Å²) in [5.41, 5.74) is 7.96. The second-order valence-electron chi connectivity index (χ2n) is 4.39. The number of ether oxygens (including phenoxy) is 1. The molecule has 1 heterocycles. The van der Waals surface area contributed by atoms with E-state index in [1.54, 1.807) is 7.11 Å². The van der Waals surface area contributed by atoms with E-state index in [2.05, 4.69) is 4.98 Å². The zero-order valence-corrected chi connectivity index (χ0v) is 10.7. The first kappa shape index (κ1) is 13.0. The van der Waals surface area contributed by atoms with Gasteiger partial charge in [-0.25, -0.2) is 4.98 Å². The zero-order valence-electron chi connectivity index (χ0n) is 10.7. The van der Waals surface area contributed by atoms with Gasteiger partial charge in [-0.3, -0.25) is 0 Å². The standard InChI is InChI=1S/C13H19N3O2/c1-9-15-11-5-3-4-6-12(11)16(9)13(7-17)10(14)8-18-2/h3-6,10,13,17H,7-8,14H2,1-2H3. The molecule has 0 spiro atoms. The van der Waals surface area contributed by atoms with E-state index in [0.29, 0.717) is 6.61 Å². The third-order valence-corrected chi connectivity index (χ3v) is 3.14. The van der Waals surface area contributed by atoms with Crippen LogP contribution in [0, 0.1) is 6.92 Å². The highest BCUT2D eigenvalue weighted by Gasteiger charge is 2.22. The number of para-hydroxylation sites is 2. The Bertz CT molecular complexity index is 524. The number of hydrogen-bond acceptors (Lipinski definition) is 4. The maximum absolute atomic E-state index is 9.59. The van der Waals surface area contributed by atoms with Crippen LogP contribution >= 0.6 is 0 Å². The molecule has 0 radical (unpaired) electrons. The highest BCUT2D eigenvalue weighted by Crippen LogP contribution is 2.22. The molecule has 0 saturated carbocycles. The molecule has 1 aromatic heterocycles. The summed E-state index contributed by atoms with van der Waals surface area (Å²) in [6.45, 7) is 2.28. The molecule has 0 bridgehead atoms. The number of nitrogens with zero attached hydrogens (tertiary/aromatic N) is 2. The number of rotatable bonds is 5.